The second-order valence-electron chi connectivity index (χ2n) is 8.86. The molecular weight excluding hydrogens is 405 g/mol. The van der Waals surface area contributed by atoms with Crippen molar-refractivity contribution in [3.05, 3.63) is 40.2 Å². The standard InChI is InChI=1S/C23H29F3N4O/c1-5-18-20(21(31)28(12-17-6-7-17)13-23(24,25)26)30-9-8-29(22(30)27-18)19-15(3)10-14(2)11-16(19)4/h10-11,17H,5-9,12-13H2,1-4H3. The minimum absolute atomic E-state index is 0.155. The summed E-state index contributed by atoms with van der Waals surface area (Å²) in [6.07, 6.45) is -2.17. The third-order valence-electron chi connectivity index (χ3n) is 6.08. The molecule has 0 N–H and O–H groups in total. The van der Waals surface area contributed by atoms with Crippen LogP contribution in [-0.2, 0) is 13.0 Å². The second-order valence-corrected chi connectivity index (χ2v) is 8.86. The molecule has 8 heteroatoms. The van der Waals surface area contributed by atoms with Crippen molar-refractivity contribution in [1.29, 1.82) is 0 Å². The van der Waals surface area contributed by atoms with Crippen molar-refractivity contribution >= 4 is 17.5 Å². The molecule has 0 spiro atoms. The van der Waals surface area contributed by atoms with Gasteiger partial charge in [-0.05, 0) is 57.1 Å². The van der Waals surface area contributed by atoms with E-state index >= 15 is 0 Å². The average molecular weight is 435 g/mol. The molecule has 1 aromatic heterocycles. The molecule has 31 heavy (non-hydrogen) atoms. The Morgan fingerprint density at radius 3 is 2.35 bits per heavy atom. The number of carbonyl (C=O) groups is 1. The van der Waals surface area contributed by atoms with Gasteiger partial charge in [-0.1, -0.05) is 24.6 Å². The number of nitrogens with zero attached hydrogens (tertiary/aromatic N) is 4. The molecule has 0 unspecified atom stereocenters. The molecule has 1 aliphatic carbocycles. The summed E-state index contributed by atoms with van der Waals surface area (Å²) in [5, 5.41) is 0. The Kier molecular flexibility index (Phi) is 5.52. The SMILES string of the molecule is CCc1nc2n(c1C(=O)N(CC1CC1)CC(F)(F)F)CCN2c1c(C)cc(C)cc1C. The first-order valence-electron chi connectivity index (χ1n) is 10.9. The van der Waals surface area contributed by atoms with Gasteiger partial charge in [0.1, 0.15) is 12.2 Å². The number of alkyl halides is 3. The minimum atomic E-state index is -4.42. The van der Waals surface area contributed by atoms with Crippen molar-refractivity contribution in [2.45, 2.75) is 59.7 Å². The predicted molar refractivity (Wildman–Crippen MR) is 114 cm³/mol. The fraction of sp³-hybridized carbons (Fsp3) is 0.565. The first-order chi connectivity index (χ1) is 14.6. The molecule has 1 saturated carbocycles. The van der Waals surface area contributed by atoms with Crippen LogP contribution in [0.1, 0.15) is 52.6 Å². The maximum absolute atomic E-state index is 13.4. The summed E-state index contributed by atoms with van der Waals surface area (Å²) >= 11 is 0. The van der Waals surface area contributed by atoms with E-state index in [9.17, 15) is 18.0 Å². The zero-order valence-electron chi connectivity index (χ0n) is 18.5. The Bertz CT molecular complexity index is 984. The number of amides is 1. The molecule has 0 atom stereocenters. The van der Waals surface area contributed by atoms with Crippen LogP contribution in [0.2, 0.25) is 0 Å². The number of imidazole rings is 1. The molecule has 1 amide bonds. The van der Waals surface area contributed by atoms with E-state index in [1.54, 1.807) is 0 Å². The Morgan fingerprint density at radius 2 is 1.81 bits per heavy atom. The number of benzene rings is 1. The number of halogens is 3. The van der Waals surface area contributed by atoms with E-state index in [0.29, 0.717) is 36.8 Å². The lowest BCUT2D eigenvalue weighted by Crippen LogP contribution is -2.41. The lowest BCUT2D eigenvalue weighted by atomic mass is 10.0. The smallest absolute Gasteiger partial charge is 0.328 e. The summed E-state index contributed by atoms with van der Waals surface area (Å²) in [7, 11) is 0. The molecule has 2 aliphatic rings. The third kappa shape index (κ3) is 4.29. The van der Waals surface area contributed by atoms with Crippen LogP contribution in [-0.4, -0.2) is 46.2 Å². The van der Waals surface area contributed by atoms with E-state index in [1.807, 2.05) is 11.5 Å². The van der Waals surface area contributed by atoms with E-state index in [1.165, 1.54) is 5.56 Å². The van der Waals surface area contributed by atoms with Gasteiger partial charge in [-0.3, -0.25) is 4.79 Å². The van der Waals surface area contributed by atoms with Crippen molar-refractivity contribution in [2.24, 2.45) is 5.92 Å². The average Bonchev–Trinajstić information content (AvgIpc) is 3.27. The molecule has 2 heterocycles. The molecule has 0 radical (unpaired) electrons. The van der Waals surface area contributed by atoms with Crippen molar-refractivity contribution in [1.82, 2.24) is 14.5 Å². The summed E-state index contributed by atoms with van der Waals surface area (Å²) in [6, 6.07) is 4.23. The summed E-state index contributed by atoms with van der Waals surface area (Å²) in [5.74, 6) is 0.263. The summed E-state index contributed by atoms with van der Waals surface area (Å²) < 4.78 is 41.5. The van der Waals surface area contributed by atoms with Gasteiger partial charge in [0.25, 0.3) is 5.91 Å². The van der Waals surface area contributed by atoms with Gasteiger partial charge in [0.2, 0.25) is 5.95 Å². The topological polar surface area (TPSA) is 41.4 Å². The van der Waals surface area contributed by atoms with Gasteiger partial charge in [0.15, 0.2) is 0 Å². The summed E-state index contributed by atoms with van der Waals surface area (Å²) in [6.45, 7) is 8.14. The second kappa shape index (κ2) is 7.88. The van der Waals surface area contributed by atoms with Crippen molar-refractivity contribution in [2.75, 3.05) is 24.5 Å². The quantitative estimate of drug-likeness (QED) is 0.647. The Morgan fingerprint density at radius 1 is 1.16 bits per heavy atom. The number of aromatic nitrogens is 2. The van der Waals surface area contributed by atoms with Crippen LogP contribution >= 0.6 is 0 Å². The number of fused-ring (bicyclic) bond motifs is 1. The highest BCUT2D eigenvalue weighted by atomic mass is 19.4. The highest BCUT2D eigenvalue weighted by molar-refractivity contribution is 5.95. The molecule has 5 nitrogen and oxygen atoms in total. The lowest BCUT2D eigenvalue weighted by Gasteiger charge is -2.24. The van der Waals surface area contributed by atoms with E-state index in [-0.39, 0.29) is 12.5 Å². The van der Waals surface area contributed by atoms with Crippen LogP contribution in [0.25, 0.3) is 0 Å². The Balaban J connectivity index is 1.73. The maximum Gasteiger partial charge on any atom is 0.406 e. The molecule has 168 valence electrons. The summed E-state index contributed by atoms with van der Waals surface area (Å²) in [5.41, 5.74) is 5.34. The van der Waals surface area contributed by atoms with Gasteiger partial charge in [-0.15, -0.1) is 0 Å². The lowest BCUT2D eigenvalue weighted by molar-refractivity contribution is -0.141. The predicted octanol–water partition coefficient (Wildman–Crippen LogP) is 4.94. The van der Waals surface area contributed by atoms with E-state index in [4.69, 9.17) is 4.98 Å². The number of carbonyl (C=O) groups excluding carboxylic acids is 1. The van der Waals surface area contributed by atoms with E-state index < -0.39 is 18.6 Å². The fourth-order valence-electron chi connectivity index (χ4n) is 4.70. The maximum atomic E-state index is 13.4. The van der Waals surface area contributed by atoms with Crippen LogP contribution in [0.4, 0.5) is 24.8 Å². The highest BCUT2D eigenvalue weighted by Gasteiger charge is 2.39. The Labute approximate surface area is 180 Å². The van der Waals surface area contributed by atoms with Crippen LogP contribution in [0, 0.1) is 26.7 Å². The van der Waals surface area contributed by atoms with Gasteiger partial charge in [0.05, 0.1) is 5.69 Å². The van der Waals surface area contributed by atoms with Crippen molar-refractivity contribution < 1.29 is 18.0 Å². The molecule has 2 aromatic rings. The zero-order chi connectivity index (χ0) is 22.5. The van der Waals surface area contributed by atoms with Crippen molar-refractivity contribution in [3.8, 4) is 0 Å². The van der Waals surface area contributed by atoms with Crippen LogP contribution in [0.3, 0.4) is 0 Å². The van der Waals surface area contributed by atoms with Gasteiger partial charge in [-0.2, -0.15) is 13.2 Å². The number of hydrogen-bond acceptors (Lipinski definition) is 3. The van der Waals surface area contributed by atoms with Crippen LogP contribution in [0.5, 0.6) is 0 Å². The van der Waals surface area contributed by atoms with Crippen LogP contribution in [0.15, 0.2) is 12.1 Å². The molecule has 1 aliphatic heterocycles. The number of aryl methyl sites for hydroxylation is 4. The largest absolute Gasteiger partial charge is 0.406 e. The monoisotopic (exact) mass is 434 g/mol. The number of anilines is 2. The van der Waals surface area contributed by atoms with E-state index in [2.05, 4.69) is 37.8 Å². The van der Waals surface area contributed by atoms with Gasteiger partial charge in [-0.25, -0.2) is 4.98 Å². The molecule has 1 fully saturated rings. The zero-order valence-corrected chi connectivity index (χ0v) is 18.5. The van der Waals surface area contributed by atoms with Crippen molar-refractivity contribution in [3.63, 3.8) is 0 Å². The highest BCUT2D eigenvalue weighted by Crippen LogP contribution is 2.38. The third-order valence-corrected chi connectivity index (χ3v) is 6.08. The molecule has 0 saturated heterocycles. The molecular formula is C23H29F3N4O. The fourth-order valence-corrected chi connectivity index (χ4v) is 4.70. The Hall–Kier alpha value is -2.51. The number of rotatable bonds is 6. The van der Waals surface area contributed by atoms with E-state index in [0.717, 1.165) is 34.6 Å². The van der Waals surface area contributed by atoms with Gasteiger partial charge in [0, 0.05) is 25.3 Å². The summed E-state index contributed by atoms with van der Waals surface area (Å²) in [4.78, 5) is 21.2. The minimum Gasteiger partial charge on any atom is -0.328 e. The first-order valence-corrected chi connectivity index (χ1v) is 10.9. The normalized spacial score (nSPS) is 16.0. The molecule has 1 aromatic carbocycles. The van der Waals surface area contributed by atoms with Gasteiger partial charge < -0.3 is 14.4 Å². The first kappa shape index (κ1) is 21.7. The van der Waals surface area contributed by atoms with Gasteiger partial charge >= 0.3 is 6.18 Å². The number of hydrogen-bond donors (Lipinski definition) is 0. The molecule has 4 rings (SSSR count). The molecule has 0 bridgehead atoms. The van der Waals surface area contributed by atoms with Crippen LogP contribution < -0.4 is 4.90 Å².